The monoisotopic (exact) mass is 305 g/mol. The first-order valence-corrected chi connectivity index (χ1v) is 6.89. The van der Waals surface area contributed by atoms with Gasteiger partial charge in [0.1, 0.15) is 12.4 Å². The molecule has 0 saturated carbocycles. The molecule has 0 fully saturated rings. The van der Waals surface area contributed by atoms with E-state index in [4.69, 9.17) is 4.74 Å². The minimum atomic E-state index is 0.500. The van der Waals surface area contributed by atoms with E-state index in [0.29, 0.717) is 6.61 Å². The lowest BCUT2D eigenvalue weighted by atomic mass is 10.1. The van der Waals surface area contributed by atoms with Gasteiger partial charge in [0.05, 0.1) is 5.69 Å². The highest BCUT2D eigenvalue weighted by Gasteiger charge is 1.98. The van der Waals surface area contributed by atoms with Crippen LogP contribution in [0.15, 0.2) is 47.1 Å². The molecule has 0 aliphatic heterocycles. The molecule has 0 saturated heterocycles. The van der Waals surface area contributed by atoms with Crippen LogP contribution < -0.4 is 4.74 Å². The van der Waals surface area contributed by atoms with Crippen LogP contribution in [0.5, 0.6) is 5.75 Å². The summed E-state index contributed by atoms with van der Waals surface area (Å²) in [6.45, 7) is 2.68. The highest BCUT2D eigenvalue weighted by Crippen LogP contribution is 2.15. The van der Waals surface area contributed by atoms with Crippen molar-refractivity contribution in [1.29, 1.82) is 0 Å². The second kappa shape index (κ2) is 6.55. The molecule has 1 aromatic carbocycles. The number of aromatic nitrogens is 1. The van der Waals surface area contributed by atoms with Crippen LogP contribution in [0.3, 0.4) is 0 Å². The SMILES string of the molecule is CCCc1ccc(OCc2ccc(Br)cn2)cc1. The van der Waals surface area contributed by atoms with Crippen LogP contribution >= 0.6 is 15.9 Å². The largest absolute Gasteiger partial charge is 0.487 e. The Hall–Kier alpha value is -1.35. The van der Waals surface area contributed by atoms with Crippen molar-refractivity contribution in [2.75, 3.05) is 0 Å². The third-order valence-electron chi connectivity index (χ3n) is 2.64. The minimum absolute atomic E-state index is 0.500. The van der Waals surface area contributed by atoms with Gasteiger partial charge in [-0.3, -0.25) is 4.98 Å². The van der Waals surface area contributed by atoms with Crippen molar-refractivity contribution in [2.24, 2.45) is 0 Å². The number of rotatable bonds is 5. The molecule has 0 bridgehead atoms. The molecule has 0 unspecified atom stereocenters. The van der Waals surface area contributed by atoms with E-state index in [0.717, 1.165) is 22.3 Å². The molecule has 3 heteroatoms. The number of hydrogen-bond acceptors (Lipinski definition) is 2. The lowest BCUT2D eigenvalue weighted by molar-refractivity contribution is 0.301. The molecule has 0 aliphatic rings. The van der Waals surface area contributed by atoms with Crippen LogP contribution in [-0.4, -0.2) is 4.98 Å². The lowest BCUT2D eigenvalue weighted by Gasteiger charge is -2.06. The average Bonchev–Trinajstić information content (AvgIpc) is 2.40. The van der Waals surface area contributed by atoms with Gasteiger partial charge in [-0.2, -0.15) is 0 Å². The van der Waals surface area contributed by atoms with Gasteiger partial charge in [-0.15, -0.1) is 0 Å². The van der Waals surface area contributed by atoms with Crippen molar-refractivity contribution in [3.05, 3.63) is 58.3 Å². The Balaban J connectivity index is 1.91. The molecule has 1 heterocycles. The smallest absolute Gasteiger partial charge is 0.130 e. The molecule has 2 rings (SSSR count). The first-order valence-electron chi connectivity index (χ1n) is 6.10. The summed E-state index contributed by atoms with van der Waals surface area (Å²) in [5, 5.41) is 0. The van der Waals surface area contributed by atoms with Crippen molar-refractivity contribution in [3.8, 4) is 5.75 Å². The maximum Gasteiger partial charge on any atom is 0.130 e. The van der Waals surface area contributed by atoms with E-state index in [2.05, 4.69) is 40.0 Å². The van der Waals surface area contributed by atoms with Gasteiger partial charge in [0.2, 0.25) is 0 Å². The molecule has 0 radical (unpaired) electrons. The van der Waals surface area contributed by atoms with Gasteiger partial charge in [-0.05, 0) is 52.2 Å². The Morgan fingerprint density at radius 3 is 2.50 bits per heavy atom. The van der Waals surface area contributed by atoms with Gasteiger partial charge in [0.25, 0.3) is 0 Å². The second-order valence-electron chi connectivity index (χ2n) is 4.15. The van der Waals surface area contributed by atoms with Gasteiger partial charge >= 0.3 is 0 Å². The normalized spacial score (nSPS) is 10.3. The van der Waals surface area contributed by atoms with Crippen LogP contribution in [0.25, 0.3) is 0 Å². The van der Waals surface area contributed by atoms with E-state index in [1.54, 1.807) is 6.20 Å². The van der Waals surface area contributed by atoms with Gasteiger partial charge in [-0.1, -0.05) is 25.5 Å². The molecular formula is C15H16BrNO. The predicted molar refractivity (Wildman–Crippen MR) is 76.7 cm³/mol. The molecular weight excluding hydrogens is 290 g/mol. The number of nitrogens with zero attached hydrogens (tertiary/aromatic N) is 1. The number of aryl methyl sites for hydroxylation is 1. The quantitative estimate of drug-likeness (QED) is 0.818. The highest BCUT2D eigenvalue weighted by molar-refractivity contribution is 9.10. The van der Waals surface area contributed by atoms with Gasteiger partial charge in [0, 0.05) is 10.7 Å². The van der Waals surface area contributed by atoms with Crippen LogP contribution in [0.4, 0.5) is 0 Å². The third kappa shape index (κ3) is 3.84. The number of ether oxygens (including phenoxy) is 1. The number of benzene rings is 1. The molecule has 0 spiro atoms. The summed E-state index contributed by atoms with van der Waals surface area (Å²) in [5.41, 5.74) is 2.28. The second-order valence-corrected chi connectivity index (χ2v) is 5.07. The van der Waals surface area contributed by atoms with Gasteiger partial charge in [-0.25, -0.2) is 0 Å². The first kappa shape index (κ1) is 13.1. The van der Waals surface area contributed by atoms with Crippen LogP contribution in [0.1, 0.15) is 24.6 Å². The Kier molecular flexibility index (Phi) is 4.76. The first-order chi connectivity index (χ1) is 8.78. The molecule has 94 valence electrons. The molecule has 1 aromatic heterocycles. The molecule has 18 heavy (non-hydrogen) atoms. The van der Waals surface area contributed by atoms with Crippen LogP contribution in [0, 0.1) is 0 Å². The van der Waals surface area contributed by atoms with E-state index >= 15 is 0 Å². The standard InChI is InChI=1S/C15H16BrNO/c1-2-3-12-4-8-15(9-5-12)18-11-14-7-6-13(16)10-17-14/h4-10H,2-3,11H2,1H3. The van der Waals surface area contributed by atoms with Gasteiger partial charge in [0.15, 0.2) is 0 Å². The summed E-state index contributed by atoms with van der Waals surface area (Å²) in [5.74, 6) is 0.888. The molecule has 0 amide bonds. The number of hydrogen-bond donors (Lipinski definition) is 0. The Bertz CT molecular complexity index is 479. The maximum absolute atomic E-state index is 5.69. The van der Waals surface area contributed by atoms with Crippen LogP contribution in [0.2, 0.25) is 0 Å². The predicted octanol–water partition coefficient (Wildman–Crippen LogP) is 4.38. The molecule has 2 nitrogen and oxygen atoms in total. The van der Waals surface area contributed by atoms with Crippen molar-refractivity contribution >= 4 is 15.9 Å². The fourth-order valence-corrected chi connectivity index (χ4v) is 1.92. The summed E-state index contributed by atoms with van der Waals surface area (Å²) in [4.78, 5) is 4.27. The van der Waals surface area contributed by atoms with Crippen molar-refractivity contribution < 1.29 is 4.74 Å². The van der Waals surface area contributed by atoms with Crippen molar-refractivity contribution in [3.63, 3.8) is 0 Å². The highest BCUT2D eigenvalue weighted by atomic mass is 79.9. The molecule has 0 aliphatic carbocycles. The lowest BCUT2D eigenvalue weighted by Crippen LogP contribution is -1.97. The Labute approximate surface area is 116 Å². The zero-order valence-electron chi connectivity index (χ0n) is 10.4. The zero-order chi connectivity index (χ0) is 12.8. The van der Waals surface area contributed by atoms with E-state index in [9.17, 15) is 0 Å². The van der Waals surface area contributed by atoms with E-state index in [1.165, 1.54) is 12.0 Å². The van der Waals surface area contributed by atoms with E-state index in [1.807, 2.05) is 24.3 Å². The van der Waals surface area contributed by atoms with Crippen molar-refractivity contribution in [2.45, 2.75) is 26.4 Å². The Morgan fingerprint density at radius 2 is 1.89 bits per heavy atom. The fourth-order valence-electron chi connectivity index (χ4n) is 1.69. The molecule has 0 N–H and O–H groups in total. The number of pyridine rings is 1. The van der Waals surface area contributed by atoms with E-state index in [-0.39, 0.29) is 0 Å². The maximum atomic E-state index is 5.69. The average molecular weight is 306 g/mol. The third-order valence-corrected chi connectivity index (χ3v) is 3.11. The number of halogens is 1. The molecule has 0 atom stereocenters. The Morgan fingerprint density at radius 1 is 1.11 bits per heavy atom. The zero-order valence-corrected chi connectivity index (χ0v) is 12.0. The van der Waals surface area contributed by atoms with Crippen molar-refractivity contribution in [1.82, 2.24) is 4.98 Å². The fraction of sp³-hybridized carbons (Fsp3) is 0.267. The topological polar surface area (TPSA) is 22.1 Å². The summed E-state index contributed by atoms with van der Waals surface area (Å²) >= 11 is 3.36. The van der Waals surface area contributed by atoms with Crippen LogP contribution in [-0.2, 0) is 13.0 Å². The summed E-state index contributed by atoms with van der Waals surface area (Å²) < 4.78 is 6.67. The summed E-state index contributed by atoms with van der Waals surface area (Å²) in [6, 6.07) is 12.2. The van der Waals surface area contributed by atoms with Gasteiger partial charge < -0.3 is 4.74 Å². The minimum Gasteiger partial charge on any atom is -0.487 e. The summed E-state index contributed by atoms with van der Waals surface area (Å²) in [6.07, 6.45) is 4.07. The van der Waals surface area contributed by atoms with E-state index < -0.39 is 0 Å². The molecule has 2 aromatic rings. The summed E-state index contributed by atoms with van der Waals surface area (Å²) in [7, 11) is 0.